The minimum atomic E-state index is -4.61. The van der Waals surface area contributed by atoms with Gasteiger partial charge in [0.25, 0.3) is 20.0 Å². The van der Waals surface area contributed by atoms with Crippen molar-refractivity contribution in [2.45, 2.75) is 49.7 Å². The van der Waals surface area contributed by atoms with Crippen LogP contribution < -0.4 is 8.80 Å². The third kappa shape index (κ3) is 6.71. The van der Waals surface area contributed by atoms with Gasteiger partial charge in [0, 0.05) is 0 Å². The number of phenols is 1. The lowest BCUT2D eigenvalue weighted by molar-refractivity contribution is 0.143. The van der Waals surface area contributed by atoms with E-state index >= 15 is 0 Å². The molecule has 0 heterocycles. The average molecular weight is 569 g/mol. The van der Waals surface area contributed by atoms with E-state index in [1.165, 1.54) is 54.6 Å². The predicted molar refractivity (Wildman–Crippen MR) is 142 cm³/mol. The molecule has 3 rings (SSSR count). The molecule has 0 spiro atoms. The number of nitrogens with zero attached hydrogens (tertiary/aromatic N) is 1. The van der Waals surface area contributed by atoms with Crippen LogP contribution in [0.4, 0.5) is 11.4 Å². The summed E-state index contributed by atoms with van der Waals surface area (Å²) < 4.78 is 81.5. The van der Waals surface area contributed by atoms with Crippen LogP contribution in [0.2, 0.25) is 0 Å². The van der Waals surface area contributed by atoms with Gasteiger partial charge in [0.05, 0.1) is 33.4 Å². The number of aromatic hydroxyl groups is 1. The molecule has 0 aliphatic heterocycles. The lowest BCUT2D eigenvalue weighted by Crippen LogP contribution is -2.32. The van der Waals surface area contributed by atoms with Crippen molar-refractivity contribution in [2.24, 2.45) is 0 Å². The van der Waals surface area contributed by atoms with Gasteiger partial charge in [-0.3, -0.25) is 13.8 Å². The van der Waals surface area contributed by atoms with E-state index in [0.29, 0.717) is 4.08 Å². The summed E-state index contributed by atoms with van der Waals surface area (Å²) in [4.78, 5) is -0.278. The Balaban J connectivity index is 2.22. The first-order valence-corrected chi connectivity index (χ1v) is 15.7. The third-order valence-electron chi connectivity index (χ3n) is 4.68. The van der Waals surface area contributed by atoms with E-state index in [9.17, 15) is 26.5 Å². The van der Waals surface area contributed by atoms with Crippen LogP contribution in [0.15, 0.2) is 88.7 Å². The highest BCUT2D eigenvalue weighted by atomic mass is 32.2. The molecule has 0 fully saturated rings. The minimum absolute atomic E-state index is 0.0782. The summed E-state index contributed by atoms with van der Waals surface area (Å²) in [6.45, 7) is 6.28. The van der Waals surface area contributed by atoms with Crippen molar-refractivity contribution in [3.05, 3.63) is 78.9 Å². The van der Waals surface area contributed by atoms with Crippen LogP contribution in [-0.4, -0.2) is 34.2 Å². The van der Waals surface area contributed by atoms with Gasteiger partial charge in [-0.15, -0.1) is 0 Å². The van der Waals surface area contributed by atoms with E-state index in [4.69, 9.17) is 9.05 Å². The van der Waals surface area contributed by atoms with Crippen molar-refractivity contribution in [2.75, 3.05) is 8.80 Å². The van der Waals surface area contributed by atoms with E-state index in [0.717, 1.165) is 12.1 Å². The number of sulfonamides is 2. The number of phenolic OH excluding ortho intramolecular Hbond substituents is 1. The molecule has 37 heavy (non-hydrogen) atoms. The Kier molecular flexibility index (Phi) is 8.71. The van der Waals surface area contributed by atoms with Crippen molar-refractivity contribution in [1.82, 2.24) is 0 Å². The number of anilines is 2. The van der Waals surface area contributed by atoms with Gasteiger partial charge in [0.15, 0.2) is 0 Å². The summed E-state index contributed by atoms with van der Waals surface area (Å²) in [6.07, 6.45) is -1.41. The molecule has 0 atom stereocenters. The van der Waals surface area contributed by atoms with Crippen LogP contribution in [-0.2, 0) is 33.7 Å². The summed E-state index contributed by atoms with van der Waals surface area (Å²) in [6, 6.07) is 18.0. The fourth-order valence-corrected chi connectivity index (χ4v) is 8.71. The van der Waals surface area contributed by atoms with Gasteiger partial charge >= 0.3 is 7.75 Å². The monoisotopic (exact) mass is 568 g/mol. The van der Waals surface area contributed by atoms with Gasteiger partial charge in [0.1, 0.15) is 5.75 Å². The van der Waals surface area contributed by atoms with Crippen LogP contribution in [0.3, 0.4) is 0 Å². The third-order valence-corrected chi connectivity index (χ3v) is 10.9. The second kappa shape index (κ2) is 11.2. The molecule has 0 bridgehead atoms. The Hall–Kier alpha value is -2.89. The SMILES string of the molecule is CC(C)OP(=O)(OC(C)C)N(c1ccc(O)c(NS(=O)(=O)c2ccccc2)c1)S(=O)(=O)c1ccccc1. The zero-order chi connectivity index (χ0) is 27.4. The summed E-state index contributed by atoms with van der Waals surface area (Å²) in [5.74, 6) is -0.482. The number of rotatable bonds is 11. The molecule has 10 nitrogen and oxygen atoms in total. The molecule has 0 radical (unpaired) electrons. The van der Waals surface area contributed by atoms with Gasteiger partial charge in [-0.1, -0.05) is 36.4 Å². The minimum Gasteiger partial charge on any atom is -0.506 e. The zero-order valence-corrected chi connectivity index (χ0v) is 23.2. The molecular weight excluding hydrogens is 539 g/mol. The zero-order valence-electron chi connectivity index (χ0n) is 20.7. The Bertz CT molecular complexity index is 1470. The van der Waals surface area contributed by atoms with Crippen molar-refractivity contribution in [1.29, 1.82) is 0 Å². The molecule has 200 valence electrons. The molecular formula is C24H29N2O8PS2. The smallest absolute Gasteiger partial charge is 0.449 e. The average Bonchev–Trinajstić information content (AvgIpc) is 2.81. The van der Waals surface area contributed by atoms with Crippen molar-refractivity contribution in [3.63, 3.8) is 0 Å². The lowest BCUT2D eigenvalue weighted by atomic mass is 10.3. The first-order chi connectivity index (χ1) is 17.3. The number of nitrogens with one attached hydrogen (secondary N) is 1. The standard InChI is InChI=1S/C24H29N2O8PS2/c1-18(2)33-35(28,34-19(3)4)26(37(31,32)22-13-9-6-10-14-22)20-15-16-24(27)23(17-20)25-36(29,30)21-11-7-5-8-12-21/h5-19,25,27H,1-4H3. The van der Waals surface area contributed by atoms with Crippen LogP contribution in [0, 0.1) is 0 Å². The highest BCUT2D eigenvalue weighted by Gasteiger charge is 2.45. The van der Waals surface area contributed by atoms with Gasteiger partial charge < -0.3 is 5.11 Å². The maximum atomic E-state index is 14.2. The maximum Gasteiger partial charge on any atom is 0.449 e. The molecule has 0 unspecified atom stereocenters. The maximum absolute atomic E-state index is 14.2. The van der Waals surface area contributed by atoms with Gasteiger partial charge in [0.2, 0.25) is 0 Å². The molecule has 3 aromatic carbocycles. The molecule has 0 aliphatic carbocycles. The molecule has 0 saturated heterocycles. The second-order valence-corrected chi connectivity index (χ2v) is 14.0. The summed E-state index contributed by atoms with van der Waals surface area (Å²) in [7, 11) is -13.3. The highest BCUT2D eigenvalue weighted by Crippen LogP contribution is 2.59. The van der Waals surface area contributed by atoms with E-state index in [1.54, 1.807) is 39.8 Å². The summed E-state index contributed by atoms with van der Waals surface area (Å²) >= 11 is 0. The van der Waals surface area contributed by atoms with Gasteiger partial charge in [-0.05, 0) is 70.2 Å². The topological polar surface area (TPSA) is 139 Å². The van der Waals surface area contributed by atoms with Crippen molar-refractivity contribution in [3.8, 4) is 5.75 Å². The fourth-order valence-electron chi connectivity index (χ4n) is 3.28. The van der Waals surface area contributed by atoms with E-state index in [1.807, 2.05) is 0 Å². The van der Waals surface area contributed by atoms with Crippen molar-refractivity contribution >= 4 is 39.2 Å². The fraction of sp³-hybridized carbons (Fsp3) is 0.250. The van der Waals surface area contributed by atoms with E-state index in [-0.39, 0.29) is 21.2 Å². The molecule has 0 saturated carbocycles. The quantitative estimate of drug-likeness (QED) is 0.233. The molecule has 0 aromatic heterocycles. The Morgan fingerprint density at radius 1 is 0.784 bits per heavy atom. The number of hydrogen-bond donors (Lipinski definition) is 2. The Morgan fingerprint density at radius 2 is 1.27 bits per heavy atom. The second-order valence-electron chi connectivity index (χ2n) is 8.46. The molecule has 3 aromatic rings. The predicted octanol–water partition coefficient (Wildman–Crippen LogP) is 5.35. The van der Waals surface area contributed by atoms with Crippen molar-refractivity contribution < 1.29 is 35.6 Å². The number of hydrogen-bond acceptors (Lipinski definition) is 8. The van der Waals surface area contributed by atoms with Gasteiger partial charge in [-0.25, -0.2) is 21.4 Å². The highest BCUT2D eigenvalue weighted by molar-refractivity contribution is 7.99. The number of benzene rings is 3. The van der Waals surface area contributed by atoms with Crippen LogP contribution in [0.5, 0.6) is 5.75 Å². The molecule has 0 amide bonds. The molecule has 0 aliphatic rings. The summed E-state index contributed by atoms with van der Waals surface area (Å²) in [5.41, 5.74) is -0.590. The van der Waals surface area contributed by atoms with Crippen LogP contribution in [0.1, 0.15) is 27.7 Å². The first-order valence-electron chi connectivity index (χ1n) is 11.2. The van der Waals surface area contributed by atoms with E-state index in [2.05, 4.69) is 4.72 Å². The van der Waals surface area contributed by atoms with Crippen LogP contribution in [0.25, 0.3) is 0 Å². The summed E-state index contributed by atoms with van der Waals surface area (Å²) in [5, 5.41) is 10.4. The molecule has 2 N–H and O–H groups in total. The normalized spacial score (nSPS) is 12.6. The largest absolute Gasteiger partial charge is 0.506 e. The van der Waals surface area contributed by atoms with Gasteiger partial charge in [-0.2, -0.15) is 4.08 Å². The van der Waals surface area contributed by atoms with E-state index < -0.39 is 45.8 Å². The Labute approximate surface area is 217 Å². The first kappa shape index (κ1) is 28.7. The van der Waals surface area contributed by atoms with Crippen LogP contribution >= 0.6 is 7.75 Å². The molecule has 13 heteroatoms. The lowest BCUT2D eigenvalue weighted by Gasteiger charge is -2.33. The Morgan fingerprint density at radius 3 is 1.76 bits per heavy atom.